The number of carbonyl (C=O) groups is 1. The molecule has 0 fully saturated rings. The van der Waals surface area contributed by atoms with Crippen LogP contribution in [0.15, 0.2) is 54.6 Å². The molecule has 1 amide bonds. The highest BCUT2D eigenvalue weighted by molar-refractivity contribution is 7.99. The van der Waals surface area contributed by atoms with E-state index in [-0.39, 0.29) is 5.91 Å². The van der Waals surface area contributed by atoms with Crippen LogP contribution in [0.25, 0.3) is 11.1 Å². The third kappa shape index (κ3) is 3.37. The monoisotopic (exact) mass is 257 g/mol. The SMILES string of the molecule is NC(=O)CSCc1ccccc1-c1ccccc1. The highest BCUT2D eigenvalue weighted by atomic mass is 32.2. The molecule has 0 atom stereocenters. The third-order valence-corrected chi connectivity index (χ3v) is 3.61. The number of rotatable bonds is 5. The standard InChI is InChI=1S/C15H15NOS/c16-15(17)11-18-10-13-8-4-5-9-14(13)12-6-2-1-3-7-12/h1-9H,10-11H2,(H2,16,17). The molecule has 0 saturated carbocycles. The van der Waals surface area contributed by atoms with Gasteiger partial charge in [-0.15, -0.1) is 11.8 Å². The Kier molecular flexibility index (Phi) is 4.42. The van der Waals surface area contributed by atoms with E-state index in [9.17, 15) is 4.79 Å². The van der Waals surface area contributed by atoms with Crippen molar-refractivity contribution < 1.29 is 4.79 Å². The summed E-state index contributed by atoms with van der Waals surface area (Å²) in [5, 5.41) is 0. The highest BCUT2D eigenvalue weighted by Gasteiger charge is 2.04. The lowest BCUT2D eigenvalue weighted by molar-refractivity contribution is -0.115. The molecule has 0 saturated heterocycles. The van der Waals surface area contributed by atoms with Crippen LogP contribution in [0, 0.1) is 0 Å². The number of nitrogens with two attached hydrogens (primary N) is 1. The van der Waals surface area contributed by atoms with Crippen LogP contribution in [0.4, 0.5) is 0 Å². The molecule has 0 spiro atoms. The maximum atomic E-state index is 10.7. The second-order valence-electron chi connectivity index (χ2n) is 3.98. The summed E-state index contributed by atoms with van der Waals surface area (Å²) in [5.41, 5.74) is 8.80. The Balaban J connectivity index is 2.18. The summed E-state index contributed by atoms with van der Waals surface area (Å²) < 4.78 is 0. The smallest absolute Gasteiger partial charge is 0.227 e. The number of benzene rings is 2. The molecule has 0 aliphatic heterocycles. The summed E-state index contributed by atoms with van der Waals surface area (Å²) in [6.45, 7) is 0. The summed E-state index contributed by atoms with van der Waals surface area (Å²) in [6.07, 6.45) is 0. The van der Waals surface area contributed by atoms with Gasteiger partial charge in [0.25, 0.3) is 0 Å². The maximum Gasteiger partial charge on any atom is 0.227 e. The molecule has 2 rings (SSSR count). The molecule has 0 aliphatic carbocycles. The maximum absolute atomic E-state index is 10.7. The first-order chi connectivity index (χ1) is 8.77. The number of thioether (sulfide) groups is 1. The summed E-state index contributed by atoms with van der Waals surface area (Å²) in [5.74, 6) is 0.897. The minimum absolute atomic E-state index is 0.266. The summed E-state index contributed by atoms with van der Waals surface area (Å²) in [7, 11) is 0. The van der Waals surface area contributed by atoms with Crippen molar-refractivity contribution in [2.24, 2.45) is 5.73 Å². The molecule has 2 aromatic carbocycles. The molecule has 0 aliphatic rings. The second kappa shape index (κ2) is 6.26. The molecular formula is C15H15NOS. The van der Waals surface area contributed by atoms with Crippen molar-refractivity contribution >= 4 is 17.7 Å². The van der Waals surface area contributed by atoms with Crippen LogP contribution < -0.4 is 5.73 Å². The number of amides is 1. The quantitative estimate of drug-likeness (QED) is 0.894. The summed E-state index contributed by atoms with van der Waals surface area (Å²) >= 11 is 1.55. The highest BCUT2D eigenvalue weighted by Crippen LogP contribution is 2.26. The van der Waals surface area contributed by atoms with Gasteiger partial charge in [0.1, 0.15) is 0 Å². The normalized spacial score (nSPS) is 10.2. The minimum atomic E-state index is -0.266. The van der Waals surface area contributed by atoms with Gasteiger partial charge in [0.05, 0.1) is 5.75 Å². The van der Waals surface area contributed by atoms with Crippen LogP contribution in [0.1, 0.15) is 5.56 Å². The van der Waals surface area contributed by atoms with Crippen molar-refractivity contribution in [3.05, 3.63) is 60.2 Å². The first-order valence-corrected chi connectivity index (χ1v) is 6.92. The molecule has 0 bridgehead atoms. The van der Waals surface area contributed by atoms with E-state index >= 15 is 0 Å². The zero-order chi connectivity index (χ0) is 12.8. The van der Waals surface area contributed by atoms with E-state index in [1.54, 1.807) is 11.8 Å². The Hall–Kier alpha value is -1.74. The minimum Gasteiger partial charge on any atom is -0.369 e. The zero-order valence-corrected chi connectivity index (χ0v) is 10.8. The van der Waals surface area contributed by atoms with Crippen molar-refractivity contribution in [2.45, 2.75) is 5.75 Å². The van der Waals surface area contributed by atoms with Crippen LogP contribution >= 0.6 is 11.8 Å². The molecule has 3 heteroatoms. The predicted molar refractivity (Wildman–Crippen MR) is 77.2 cm³/mol. The average molecular weight is 257 g/mol. The number of primary amides is 1. The van der Waals surface area contributed by atoms with Gasteiger partial charge < -0.3 is 5.73 Å². The Morgan fingerprint density at radius 2 is 1.67 bits per heavy atom. The van der Waals surface area contributed by atoms with Gasteiger partial charge in [-0.3, -0.25) is 4.79 Å². The van der Waals surface area contributed by atoms with Crippen molar-refractivity contribution in [2.75, 3.05) is 5.75 Å². The van der Waals surface area contributed by atoms with E-state index in [4.69, 9.17) is 5.73 Å². The van der Waals surface area contributed by atoms with Crippen LogP contribution in [-0.4, -0.2) is 11.7 Å². The average Bonchev–Trinajstić information content (AvgIpc) is 2.40. The van der Waals surface area contributed by atoms with Crippen LogP contribution in [0.5, 0.6) is 0 Å². The van der Waals surface area contributed by atoms with Gasteiger partial charge >= 0.3 is 0 Å². The van der Waals surface area contributed by atoms with E-state index in [0.717, 1.165) is 5.75 Å². The number of hydrogen-bond acceptors (Lipinski definition) is 2. The Bertz CT molecular complexity index is 525. The zero-order valence-electron chi connectivity index (χ0n) is 10.0. The molecule has 18 heavy (non-hydrogen) atoms. The third-order valence-electron chi connectivity index (χ3n) is 2.60. The molecular weight excluding hydrogens is 242 g/mol. The molecule has 92 valence electrons. The van der Waals surface area contributed by atoms with Gasteiger partial charge in [0, 0.05) is 5.75 Å². The van der Waals surface area contributed by atoms with E-state index in [1.165, 1.54) is 16.7 Å². The lowest BCUT2D eigenvalue weighted by Crippen LogP contribution is -2.13. The fourth-order valence-corrected chi connectivity index (χ4v) is 2.58. The van der Waals surface area contributed by atoms with Gasteiger partial charge in [0.2, 0.25) is 5.91 Å². The van der Waals surface area contributed by atoms with Crippen molar-refractivity contribution in [1.82, 2.24) is 0 Å². The molecule has 0 heterocycles. The summed E-state index contributed by atoms with van der Waals surface area (Å²) in [6, 6.07) is 18.5. The van der Waals surface area contributed by atoms with Gasteiger partial charge in [-0.1, -0.05) is 54.6 Å². The Morgan fingerprint density at radius 3 is 2.39 bits per heavy atom. The fourth-order valence-electron chi connectivity index (χ4n) is 1.81. The van der Waals surface area contributed by atoms with Crippen LogP contribution in [-0.2, 0) is 10.5 Å². The van der Waals surface area contributed by atoms with Crippen molar-refractivity contribution in [3.63, 3.8) is 0 Å². The molecule has 2 nitrogen and oxygen atoms in total. The Morgan fingerprint density at radius 1 is 1.00 bits per heavy atom. The largest absolute Gasteiger partial charge is 0.369 e. The lowest BCUT2D eigenvalue weighted by atomic mass is 10.0. The van der Waals surface area contributed by atoms with Crippen LogP contribution in [0.2, 0.25) is 0 Å². The topological polar surface area (TPSA) is 43.1 Å². The molecule has 2 aromatic rings. The molecule has 2 N–H and O–H groups in total. The van der Waals surface area contributed by atoms with Gasteiger partial charge in [-0.25, -0.2) is 0 Å². The fraction of sp³-hybridized carbons (Fsp3) is 0.133. The predicted octanol–water partition coefficient (Wildman–Crippen LogP) is 3.07. The first-order valence-electron chi connectivity index (χ1n) is 5.77. The van der Waals surface area contributed by atoms with E-state index in [1.807, 2.05) is 30.3 Å². The summed E-state index contributed by atoms with van der Waals surface area (Å²) in [4.78, 5) is 10.7. The first kappa shape index (κ1) is 12.7. The van der Waals surface area contributed by atoms with Crippen molar-refractivity contribution in [3.8, 4) is 11.1 Å². The Labute approximate surface area is 111 Å². The molecule has 0 aromatic heterocycles. The van der Waals surface area contributed by atoms with Crippen molar-refractivity contribution in [1.29, 1.82) is 0 Å². The van der Waals surface area contributed by atoms with Gasteiger partial charge in [0.15, 0.2) is 0 Å². The van der Waals surface area contributed by atoms with Gasteiger partial charge in [-0.2, -0.15) is 0 Å². The van der Waals surface area contributed by atoms with E-state index in [0.29, 0.717) is 5.75 Å². The van der Waals surface area contributed by atoms with Gasteiger partial charge in [-0.05, 0) is 16.7 Å². The second-order valence-corrected chi connectivity index (χ2v) is 4.97. The lowest BCUT2D eigenvalue weighted by Gasteiger charge is -2.08. The van der Waals surface area contributed by atoms with Crippen LogP contribution in [0.3, 0.4) is 0 Å². The van der Waals surface area contributed by atoms with E-state index < -0.39 is 0 Å². The number of carbonyl (C=O) groups excluding carboxylic acids is 1. The molecule has 0 unspecified atom stereocenters. The van der Waals surface area contributed by atoms with E-state index in [2.05, 4.69) is 24.3 Å². The number of hydrogen-bond donors (Lipinski definition) is 1. The molecule has 0 radical (unpaired) electrons.